The second-order valence-electron chi connectivity index (χ2n) is 5.91. The Balaban J connectivity index is 1.79. The Morgan fingerprint density at radius 2 is 1.79 bits per heavy atom. The van der Waals surface area contributed by atoms with Gasteiger partial charge in [0.1, 0.15) is 5.75 Å². The minimum Gasteiger partial charge on any atom is -0.507 e. The number of carbonyl (C=O) groups is 1. The summed E-state index contributed by atoms with van der Waals surface area (Å²) in [5, 5.41) is 29.7. The number of rotatable bonds is 2. The summed E-state index contributed by atoms with van der Waals surface area (Å²) in [6.07, 6.45) is -1.32. The van der Waals surface area contributed by atoms with E-state index in [0.717, 1.165) is 5.56 Å². The molecule has 0 radical (unpaired) electrons. The zero-order valence-corrected chi connectivity index (χ0v) is 13.6. The number of phenols is 1. The van der Waals surface area contributed by atoms with Gasteiger partial charge in [-0.05, 0) is 42.3 Å². The summed E-state index contributed by atoms with van der Waals surface area (Å²) in [5.41, 5.74) is 1.84. The van der Waals surface area contributed by atoms with Crippen molar-refractivity contribution >= 4 is 17.5 Å². The van der Waals surface area contributed by atoms with Crippen LogP contribution < -0.4 is 0 Å². The fraction of sp³-hybridized carbons (Fsp3) is 0.278. The van der Waals surface area contributed by atoms with E-state index < -0.39 is 12.2 Å². The van der Waals surface area contributed by atoms with E-state index in [4.69, 9.17) is 11.6 Å². The Labute approximate surface area is 144 Å². The number of phenolic OH excluding ortho intramolecular Hbond substituents is 1. The summed E-state index contributed by atoms with van der Waals surface area (Å²) < 4.78 is 0. The quantitative estimate of drug-likeness (QED) is 0.778. The number of nitrogens with zero attached hydrogens (tertiary/aromatic N) is 1. The predicted molar refractivity (Wildman–Crippen MR) is 91.1 cm³/mol. The topological polar surface area (TPSA) is 81.0 Å². The van der Waals surface area contributed by atoms with Crippen LogP contribution in [0.15, 0.2) is 42.5 Å². The van der Waals surface area contributed by atoms with Gasteiger partial charge >= 0.3 is 0 Å². The average Bonchev–Trinajstić information content (AvgIpc) is 2.59. The first-order valence-corrected chi connectivity index (χ1v) is 8.08. The summed E-state index contributed by atoms with van der Waals surface area (Å²) in [6.45, 7) is 0.532. The normalized spacial score (nSPS) is 20.9. The number of carbonyl (C=O) groups excluding carboxylic acids is 1. The molecular weight excluding hydrogens is 330 g/mol. The molecule has 2 atom stereocenters. The molecule has 2 unspecified atom stereocenters. The molecule has 1 aliphatic rings. The molecule has 2 aromatic rings. The molecule has 1 heterocycles. The smallest absolute Gasteiger partial charge is 0.253 e. The molecule has 0 aromatic heterocycles. The van der Waals surface area contributed by atoms with Crippen LogP contribution in [0.4, 0.5) is 0 Å². The van der Waals surface area contributed by atoms with E-state index >= 15 is 0 Å². The van der Waals surface area contributed by atoms with Crippen LogP contribution in [0.25, 0.3) is 11.1 Å². The van der Waals surface area contributed by atoms with Crippen molar-refractivity contribution in [2.24, 2.45) is 0 Å². The van der Waals surface area contributed by atoms with Gasteiger partial charge in [-0.2, -0.15) is 0 Å². The van der Waals surface area contributed by atoms with Crippen molar-refractivity contribution < 1.29 is 20.1 Å². The van der Waals surface area contributed by atoms with Gasteiger partial charge in [0, 0.05) is 29.2 Å². The van der Waals surface area contributed by atoms with E-state index in [2.05, 4.69) is 0 Å². The first-order valence-electron chi connectivity index (χ1n) is 7.70. The summed E-state index contributed by atoms with van der Waals surface area (Å²) in [7, 11) is 0. The number of aromatic hydroxyl groups is 1. The fourth-order valence-electron chi connectivity index (χ4n) is 2.82. The van der Waals surface area contributed by atoms with Crippen molar-refractivity contribution in [2.45, 2.75) is 18.6 Å². The predicted octanol–water partition coefficient (Wildman–Crippen LogP) is 2.28. The molecule has 2 aromatic carbocycles. The monoisotopic (exact) mass is 347 g/mol. The minimum atomic E-state index is -0.912. The Hall–Kier alpha value is -2.08. The molecule has 24 heavy (non-hydrogen) atoms. The number of halogens is 1. The van der Waals surface area contributed by atoms with Crippen LogP contribution in [0.3, 0.4) is 0 Å². The Morgan fingerprint density at radius 1 is 1.08 bits per heavy atom. The van der Waals surface area contributed by atoms with Crippen LogP contribution in [-0.2, 0) is 0 Å². The fourth-order valence-corrected chi connectivity index (χ4v) is 2.99. The molecule has 126 valence electrons. The van der Waals surface area contributed by atoms with Crippen LogP contribution in [0.5, 0.6) is 5.75 Å². The number of aliphatic hydroxyl groups is 2. The lowest BCUT2D eigenvalue weighted by molar-refractivity contribution is -0.0321. The lowest BCUT2D eigenvalue weighted by Gasteiger charge is -2.33. The number of hydrogen-bond donors (Lipinski definition) is 3. The molecule has 1 aliphatic heterocycles. The number of β-amino-alcohol motifs (C(OH)–C–C–N with tert-alkyl or cyclic N) is 1. The van der Waals surface area contributed by atoms with E-state index in [1.165, 1.54) is 11.0 Å². The maximum Gasteiger partial charge on any atom is 0.253 e. The number of aliphatic hydroxyl groups excluding tert-OH is 2. The van der Waals surface area contributed by atoms with Gasteiger partial charge in [0.25, 0.3) is 5.91 Å². The third-order valence-electron chi connectivity index (χ3n) is 4.24. The van der Waals surface area contributed by atoms with Crippen LogP contribution in [0.1, 0.15) is 16.8 Å². The van der Waals surface area contributed by atoms with E-state index in [9.17, 15) is 20.1 Å². The maximum absolute atomic E-state index is 12.5. The highest BCUT2D eigenvalue weighted by atomic mass is 35.5. The number of likely N-dealkylation sites (tertiary alicyclic amines) is 1. The van der Waals surface area contributed by atoms with Gasteiger partial charge in [-0.15, -0.1) is 0 Å². The molecule has 0 aliphatic carbocycles. The summed E-state index contributed by atoms with van der Waals surface area (Å²) >= 11 is 5.96. The van der Waals surface area contributed by atoms with Crippen molar-refractivity contribution in [3.05, 3.63) is 53.1 Å². The van der Waals surface area contributed by atoms with E-state index in [-0.39, 0.29) is 18.2 Å². The van der Waals surface area contributed by atoms with Gasteiger partial charge in [-0.25, -0.2) is 0 Å². The Morgan fingerprint density at radius 3 is 2.46 bits per heavy atom. The molecule has 6 heteroatoms. The van der Waals surface area contributed by atoms with Crippen molar-refractivity contribution in [1.82, 2.24) is 4.90 Å². The van der Waals surface area contributed by atoms with Gasteiger partial charge in [0.15, 0.2) is 0 Å². The highest BCUT2D eigenvalue weighted by molar-refractivity contribution is 6.31. The van der Waals surface area contributed by atoms with Gasteiger partial charge < -0.3 is 20.2 Å². The molecule has 1 fully saturated rings. The number of piperidine rings is 1. The number of amides is 1. The third-order valence-corrected chi connectivity index (χ3v) is 4.47. The van der Waals surface area contributed by atoms with Gasteiger partial charge in [-0.1, -0.05) is 23.7 Å². The zero-order valence-electron chi connectivity index (χ0n) is 12.9. The first kappa shape index (κ1) is 16.8. The van der Waals surface area contributed by atoms with Gasteiger partial charge in [0.2, 0.25) is 0 Å². The van der Waals surface area contributed by atoms with Crippen molar-refractivity contribution in [2.75, 3.05) is 13.1 Å². The molecule has 3 rings (SSSR count). The summed E-state index contributed by atoms with van der Waals surface area (Å²) in [4.78, 5) is 14.0. The van der Waals surface area contributed by atoms with Gasteiger partial charge in [-0.3, -0.25) is 4.79 Å². The molecule has 0 saturated carbocycles. The standard InChI is InChI=1S/C18H18ClNO4/c19-13-5-6-15(21)14(9-13)11-1-3-12(4-2-11)18(24)20-8-7-16(22)17(23)10-20/h1-6,9,16-17,21-23H,7-8,10H2. The van der Waals surface area contributed by atoms with Crippen LogP contribution in [0, 0.1) is 0 Å². The maximum atomic E-state index is 12.5. The lowest BCUT2D eigenvalue weighted by Crippen LogP contribution is -2.48. The Bertz CT molecular complexity index is 747. The Kier molecular flexibility index (Phi) is 4.76. The van der Waals surface area contributed by atoms with Gasteiger partial charge in [0.05, 0.1) is 12.2 Å². The second-order valence-corrected chi connectivity index (χ2v) is 6.35. The zero-order chi connectivity index (χ0) is 17.3. The van der Waals surface area contributed by atoms with E-state index in [0.29, 0.717) is 29.1 Å². The molecule has 1 saturated heterocycles. The summed E-state index contributed by atoms with van der Waals surface area (Å²) in [6, 6.07) is 11.6. The van der Waals surface area contributed by atoms with Crippen LogP contribution >= 0.6 is 11.6 Å². The van der Waals surface area contributed by atoms with E-state index in [1.54, 1.807) is 36.4 Å². The summed E-state index contributed by atoms with van der Waals surface area (Å²) in [5.74, 6) is -0.0746. The second kappa shape index (κ2) is 6.81. The van der Waals surface area contributed by atoms with Crippen molar-refractivity contribution in [3.63, 3.8) is 0 Å². The van der Waals surface area contributed by atoms with E-state index in [1.807, 2.05) is 0 Å². The SMILES string of the molecule is O=C(c1ccc(-c2cc(Cl)ccc2O)cc1)N1CCC(O)C(O)C1. The average molecular weight is 348 g/mol. The highest BCUT2D eigenvalue weighted by Gasteiger charge is 2.29. The lowest BCUT2D eigenvalue weighted by atomic mass is 10.0. The largest absolute Gasteiger partial charge is 0.507 e. The molecule has 3 N–H and O–H groups in total. The first-order chi connectivity index (χ1) is 11.5. The number of hydrogen-bond acceptors (Lipinski definition) is 4. The van der Waals surface area contributed by atoms with Crippen LogP contribution in [-0.4, -0.2) is 51.4 Å². The minimum absolute atomic E-state index is 0.117. The molecule has 0 spiro atoms. The highest BCUT2D eigenvalue weighted by Crippen LogP contribution is 2.31. The third kappa shape index (κ3) is 3.38. The molecule has 0 bridgehead atoms. The molecular formula is C18H18ClNO4. The van der Waals surface area contributed by atoms with Crippen molar-refractivity contribution in [3.8, 4) is 16.9 Å². The molecule has 1 amide bonds. The molecule has 5 nitrogen and oxygen atoms in total. The van der Waals surface area contributed by atoms with Crippen LogP contribution in [0.2, 0.25) is 5.02 Å². The van der Waals surface area contributed by atoms with Crippen molar-refractivity contribution in [1.29, 1.82) is 0 Å². The number of benzene rings is 2.